The van der Waals surface area contributed by atoms with Crippen LogP contribution in [0.3, 0.4) is 0 Å². The standard InChI is InChI=1S/C20H33N3/c1-15(2)16-11-13-23(14-12-16)20-9-7-19(8-10-20)22-18-5-3-17(21)4-6-18/h7-10,15-18,22H,3-6,11-14,21H2,1-2H3. The van der Waals surface area contributed by atoms with Gasteiger partial charge in [0.1, 0.15) is 0 Å². The van der Waals surface area contributed by atoms with Crippen LogP contribution >= 0.6 is 0 Å². The lowest BCUT2D eigenvalue weighted by atomic mass is 9.86. The monoisotopic (exact) mass is 315 g/mol. The van der Waals surface area contributed by atoms with Crippen molar-refractivity contribution in [1.29, 1.82) is 0 Å². The van der Waals surface area contributed by atoms with E-state index in [1.165, 1.54) is 50.1 Å². The number of benzene rings is 1. The SMILES string of the molecule is CC(C)C1CCN(c2ccc(NC3CCC(N)CC3)cc2)CC1. The third kappa shape index (κ3) is 4.41. The van der Waals surface area contributed by atoms with E-state index in [1.54, 1.807) is 0 Å². The number of nitrogens with one attached hydrogen (secondary N) is 1. The van der Waals surface area contributed by atoms with Gasteiger partial charge >= 0.3 is 0 Å². The van der Waals surface area contributed by atoms with Crippen molar-refractivity contribution in [3.8, 4) is 0 Å². The van der Waals surface area contributed by atoms with Crippen molar-refractivity contribution < 1.29 is 0 Å². The maximum atomic E-state index is 5.99. The van der Waals surface area contributed by atoms with Crippen LogP contribution in [0.5, 0.6) is 0 Å². The van der Waals surface area contributed by atoms with Gasteiger partial charge in [-0.1, -0.05) is 13.8 Å². The van der Waals surface area contributed by atoms with Crippen LogP contribution in [0.4, 0.5) is 11.4 Å². The first-order valence-corrected chi connectivity index (χ1v) is 9.49. The Morgan fingerprint density at radius 1 is 0.957 bits per heavy atom. The molecule has 0 spiro atoms. The van der Waals surface area contributed by atoms with Gasteiger partial charge in [-0.15, -0.1) is 0 Å². The van der Waals surface area contributed by atoms with Crippen LogP contribution in [0, 0.1) is 11.8 Å². The van der Waals surface area contributed by atoms with Gasteiger partial charge in [0.2, 0.25) is 0 Å². The molecular formula is C20H33N3. The Balaban J connectivity index is 1.51. The van der Waals surface area contributed by atoms with Crippen molar-refractivity contribution in [2.24, 2.45) is 17.6 Å². The molecule has 0 aromatic heterocycles. The molecule has 3 heteroatoms. The van der Waals surface area contributed by atoms with E-state index >= 15 is 0 Å². The fourth-order valence-corrected chi connectivity index (χ4v) is 4.09. The van der Waals surface area contributed by atoms with Gasteiger partial charge in [0, 0.05) is 36.5 Å². The van der Waals surface area contributed by atoms with Crippen LogP contribution < -0.4 is 16.0 Å². The Hall–Kier alpha value is -1.22. The number of nitrogens with zero attached hydrogens (tertiary/aromatic N) is 1. The summed E-state index contributed by atoms with van der Waals surface area (Å²) in [7, 11) is 0. The van der Waals surface area contributed by atoms with E-state index < -0.39 is 0 Å². The van der Waals surface area contributed by atoms with Crippen LogP contribution in [0.2, 0.25) is 0 Å². The lowest BCUT2D eigenvalue weighted by Gasteiger charge is -2.35. The van der Waals surface area contributed by atoms with Gasteiger partial charge in [-0.25, -0.2) is 0 Å². The second-order valence-electron chi connectivity index (χ2n) is 7.87. The highest BCUT2D eigenvalue weighted by atomic mass is 15.1. The molecule has 1 heterocycles. The molecule has 0 radical (unpaired) electrons. The molecule has 1 aliphatic carbocycles. The Bertz CT molecular complexity index is 466. The van der Waals surface area contributed by atoms with Gasteiger partial charge < -0.3 is 16.0 Å². The highest BCUT2D eigenvalue weighted by Gasteiger charge is 2.22. The summed E-state index contributed by atoms with van der Waals surface area (Å²) in [4.78, 5) is 2.54. The predicted octanol–water partition coefficient (Wildman–Crippen LogP) is 4.24. The van der Waals surface area contributed by atoms with Crippen LogP contribution in [0.25, 0.3) is 0 Å². The summed E-state index contributed by atoms with van der Waals surface area (Å²) >= 11 is 0. The molecule has 3 N–H and O–H groups in total. The molecule has 0 amide bonds. The minimum absolute atomic E-state index is 0.421. The zero-order chi connectivity index (χ0) is 16.2. The summed E-state index contributed by atoms with van der Waals surface area (Å²) < 4.78 is 0. The van der Waals surface area contributed by atoms with Gasteiger partial charge in [0.05, 0.1) is 0 Å². The number of nitrogens with two attached hydrogens (primary N) is 1. The van der Waals surface area contributed by atoms with Crippen molar-refractivity contribution in [3.05, 3.63) is 24.3 Å². The molecular weight excluding hydrogens is 282 g/mol. The second kappa shape index (κ2) is 7.57. The summed E-state index contributed by atoms with van der Waals surface area (Å²) in [6.45, 7) is 7.13. The van der Waals surface area contributed by atoms with Crippen molar-refractivity contribution in [1.82, 2.24) is 0 Å². The van der Waals surface area contributed by atoms with E-state index in [0.29, 0.717) is 12.1 Å². The van der Waals surface area contributed by atoms with Crippen LogP contribution in [0.15, 0.2) is 24.3 Å². The van der Waals surface area contributed by atoms with Gasteiger partial charge in [-0.2, -0.15) is 0 Å². The third-order valence-electron chi connectivity index (χ3n) is 5.86. The van der Waals surface area contributed by atoms with Gasteiger partial charge in [-0.05, 0) is 74.6 Å². The quantitative estimate of drug-likeness (QED) is 0.873. The average Bonchev–Trinajstić information content (AvgIpc) is 2.58. The van der Waals surface area contributed by atoms with Gasteiger partial charge in [0.25, 0.3) is 0 Å². The zero-order valence-corrected chi connectivity index (χ0v) is 14.8. The number of hydrogen-bond acceptors (Lipinski definition) is 3. The van der Waals surface area contributed by atoms with Crippen molar-refractivity contribution in [2.75, 3.05) is 23.3 Å². The first-order chi connectivity index (χ1) is 11.1. The number of anilines is 2. The minimum Gasteiger partial charge on any atom is -0.382 e. The molecule has 0 unspecified atom stereocenters. The topological polar surface area (TPSA) is 41.3 Å². The third-order valence-corrected chi connectivity index (χ3v) is 5.86. The van der Waals surface area contributed by atoms with E-state index in [0.717, 1.165) is 24.7 Å². The van der Waals surface area contributed by atoms with Crippen molar-refractivity contribution in [3.63, 3.8) is 0 Å². The van der Waals surface area contributed by atoms with Gasteiger partial charge in [-0.3, -0.25) is 0 Å². The molecule has 0 atom stereocenters. The van der Waals surface area contributed by atoms with Crippen molar-refractivity contribution >= 4 is 11.4 Å². The number of piperidine rings is 1. The molecule has 3 rings (SSSR count). The minimum atomic E-state index is 0.421. The Morgan fingerprint density at radius 3 is 2.13 bits per heavy atom. The van der Waals surface area contributed by atoms with Crippen LogP contribution in [-0.2, 0) is 0 Å². The van der Waals surface area contributed by atoms with E-state index in [-0.39, 0.29) is 0 Å². The first kappa shape index (κ1) is 16.6. The largest absolute Gasteiger partial charge is 0.382 e. The maximum absolute atomic E-state index is 5.99. The van der Waals surface area contributed by atoms with E-state index in [1.807, 2.05) is 0 Å². The molecule has 3 nitrogen and oxygen atoms in total. The molecule has 1 saturated heterocycles. The lowest BCUT2D eigenvalue weighted by molar-refractivity contribution is 0.311. The fraction of sp³-hybridized carbons (Fsp3) is 0.700. The fourth-order valence-electron chi connectivity index (χ4n) is 4.09. The van der Waals surface area contributed by atoms with Crippen LogP contribution in [0.1, 0.15) is 52.4 Å². The highest BCUT2D eigenvalue weighted by molar-refractivity contribution is 5.55. The summed E-state index contributed by atoms with van der Waals surface area (Å²) in [5.41, 5.74) is 8.62. The average molecular weight is 316 g/mol. The molecule has 1 aromatic carbocycles. The van der Waals surface area contributed by atoms with E-state index in [4.69, 9.17) is 5.73 Å². The molecule has 2 aliphatic rings. The highest BCUT2D eigenvalue weighted by Crippen LogP contribution is 2.29. The normalized spacial score (nSPS) is 26.5. The lowest BCUT2D eigenvalue weighted by Crippen LogP contribution is -2.35. The Morgan fingerprint density at radius 2 is 1.57 bits per heavy atom. The maximum Gasteiger partial charge on any atom is 0.0367 e. The summed E-state index contributed by atoms with van der Waals surface area (Å²) in [6.07, 6.45) is 7.37. The Kier molecular flexibility index (Phi) is 5.47. The zero-order valence-electron chi connectivity index (χ0n) is 14.8. The second-order valence-corrected chi connectivity index (χ2v) is 7.87. The summed E-state index contributed by atoms with van der Waals surface area (Å²) in [6, 6.07) is 10.1. The summed E-state index contributed by atoms with van der Waals surface area (Å²) in [5.74, 6) is 1.73. The first-order valence-electron chi connectivity index (χ1n) is 9.49. The molecule has 0 bridgehead atoms. The Labute approximate surface area is 141 Å². The molecule has 23 heavy (non-hydrogen) atoms. The summed E-state index contributed by atoms with van der Waals surface area (Å²) in [5, 5.41) is 3.68. The predicted molar refractivity (Wildman–Crippen MR) is 100 cm³/mol. The smallest absolute Gasteiger partial charge is 0.0367 e. The molecule has 1 aromatic rings. The molecule has 1 saturated carbocycles. The van der Waals surface area contributed by atoms with E-state index in [9.17, 15) is 0 Å². The van der Waals surface area contributed by atoms with E-state index in [2.05, 4.69) is 48.3 Å². The molecule has 128 valence electrons. The number of hydrogen-bond donors (Lipinski definition) is 2. The molecule has 1 aliphatic heterocycles. The van der Waals surface area contributed by atoms with Crippen molar-refractivity contribution in [2.45, 2.75) is 64.5 Å². The van der Waals surface area contributed by atoms with Crippen LogP contribution in [-0.4, -0.2) is 25.2 Å². The molecule has 2 fully saturated rings. The van der Waals surface area contributed by atoms with Gasteiger partial charge in [0.15, 0.2) is 0 Å². The number of rotatable bonds is 4.